The molecule has 3 heterocycles. The molecule has 1 fully saturated rings. The van der Waals surface area contributed by atoms with Crippen molar-refractivity contribution < 1.29 is 20.1 Å². The summed E-state index contributed by atoms with van der Waals surface area (Å²) in [7, 11) is 0. The van der Waals surface area contributed by atoms with Gasteiger partial charge in [0.25, 0.3) is 0 Å². The van der Waals surface area contributed by atoms with Crippen LogP contribution < -0.4 is 5.32 Å². The molecule has 9 heteroatoms. The number of nitrogens with zero attached hydrogens (tertiary/aromatic N) is 4. The number of aliphatic hydroxyl groups excluding tert-OH is 3. The van der Waals surface area contributed by atoms with Crippen LogP contribution in [0.5, 0.6) is 0 Å². The first-order chi connectivity index (χ1) is 12.2. The van der Waals surface area contributed by atoms with Crippen molar-refractivity contribution in [3.63, 3.8) is 0 Å². The van der Waals surface area contributed by atoms with Gasteiger partial charge in [0.05, 0.1) is 12.9 Å². The monoisotopic (exact) mass is 343 g/mol. The lowest BCUT2D eigenvalue weighted by molar-refractivity contribution is -0.0511. The van der Waals surface area contributed by atoms with Crippen LogP contribution in [0.1, 0.15) is 6.23 Å². The van der Waals surface area contributed by atoms with Crippen molar-refractivity contribution in [1.29, 1.82) is 0 Å². The smallest absolute Gasteiger partial charge is 0.167 e. The molecule has 1 saturated heterocycles. The van der Waals surface area contributed by atoms with Crippen molar-refractivity contribution in [1.82, 2.24) is 19.5 Å². The molecule has 0 radical (unpaired) electrons. The zero-order chi connectivity index (χ0) is 17.4. The number of rotatable bonds is 4. The largest absolute Gasteiger partial charge is 0.394 e. The molecular weight excluding hydrogens is 326 g/mol. The second-order valence-electron chi connectivity index (χ2n) is 5.77. The summed E-state index contributed by atoms with van der Waals surface area (Å²) in [5.41, 5.74) is 1.80. The van der Waals surface area contributed by atoms with E-state index in [1.54, 1.807) is 0 Å². The Kier molecular flexibility index (Phi) is 4.06. The van der Waals surface area contributed by atoms with Crippen molar-refractivity contribution in [2.24, 2.45) is 0 Å². The van der Waals surface area contributed by atoms with E-state index in [4.69, 9.17) is 4.74 Å². The van der Waals surface area contributed by atoms with Crippen LogP contribution in [-0.2, 0) is 4.74 Å². The summed E-state index contributed by atoms with van der Waals surface area (Å²) in [6, 6.07) is 9.52. The second kappa shape index (κ2) is 6.37. The van der Waals surface area contributed by atoms with Gasteiger partial charge in [0, 0.05) is 5.69 Å². The SMILES string of the molecule is OC[C@H]1O[C@H](n2cnc3c(Nc4ccccc4)ncnc32)[C@@H](O)[C@@H]1O. The molecule has 0 spiro atoms. The lowest BCUT2D eigenvalue weighted by Crippen LogP contribution is -2.33. The number of ether oxygens (including phenoxy) is 1. The number of aliphatic hydroxyl groups is 3. The minimum atomic E-state index is -1.20. The van der Waals surface area contributed by atoms with Gasteiger partial charge in [-0.05, 0) is 12.1 Å². The van der Waals surface area contributed by atoms with Crippen LogP contribution in [-0.4, -0.2) is 59.8 Å². The molecule has 0 amide bonds. The Morgan fingerprint density at radius 2 is 1.88 bits per heavy atom. The van der Waals surface area contributed by atoms with Gasteiger partial charge in [-0.25, -0.2) is 15.0 Å². The molecule has 2 aromatic heterocycles. The van der Waals surface area contributed by atoms with Crippen LogP contribution >= 0.6 is 0 Å². The highest BCUT2D eigenvalue weighted by Crippen LogP contribution is 2.32. The number of hydrogen-bond donors (Lipinski definition) is 4. The lowest BCUT2D eigenvalue weighted by Gasteiger charge is -2.16. The third-order valence-corrected chi connectivity index (χ3v) is 4.19. The fourth-order valence-electron chi connectivity index (χ4n) is 2.90. The Hall–Kier alpha value is -2.59. The predicted molar refractivity (Wildman–Crippen MR) is 88.1 cm³/mol. The van der Waals surface area contributed by atoms with Crippen LogP contribution in [0.4, 0.5) is 11.5 Å². The summed E-state index contributed by atoms with van der Waals surface area (Å²) in [5, 5.41) is 32.5. The van der Waals surface area contributed by atoms with E-state index in [1.165, 1.54) is 17.2 Å². The fraction of sp³-hybridized carbons (Fsp3) is 0.312. The number of fused-ring (bicyclic) bond motifs is 1. The minimum Gasteiger partial charge on any atom is -0.394 e. The molecule has 130 valence electrons. The number of aromatic nitrogens is 4. The molecule has 1 aliphatic rings. The van der Waals surface area contributed by atoms with Gasteiger partial charge in [-0.1, -0.05) is 18.2 Å². The van der Waals surface area contributed by atoms with Crippen molar-refractivity contribution in [2.45, 2.75) is 24.5 Å². The average Bonchev–Trinajstić information content (AvgIpc) is 3.18. The van der Waals surface area contributed by atoms with Crippen LogP contribution in [0, 0.1) is 0 Å². The Bertz CT molecular complexity index is 871. The quantitative estimate of drug-likeness (QED) is 0.529. The Morgan fingerprint density at radius 3 is 2.60 bits per heavy atom. The van der Waals surface area contributed by atoms with Crippen LogP contribution in [0.25, 0.3) is 11.2 Å². The van der Waals surface area contributed by atoms with Gasteiger partial charge in [0.15, 0.2) is 23.2 Å². The molecule has 3 aromatic rings. The number of anilines is 2. The molecule has 25 heavy (non-hydrogen) atoms. The van der Waals surface area contributed by atoms with E-state index in [0.29, 0.717) is 17.0 Å². The van der Waals surface area contributed by atoms with Gasteiger partial charge in [0.2, 0.25) is 0 Å². The third-order valence-electron chi connectivity index (χ3n) is 4.19. The Labute approximate surface area is 142 Å². The van der Waals surface area contributed by atoms with Crippen molar-refractivity contribution in [2.75, 3.05) is 11.9 Å². The highest BCUT2D eigenvalue weighted by Gasteiger charge is 2.44. The number of benzene rings is 1. The molecule has 4 rings (SSSR count). The zero-order valence-corrected chi connectivity index (χ0v) is 13.1. The molecule has 9 nitrogen and oxygen atoms in total. The van der Waals surface area contributed by atoms with Gasteiger partial charge >= 0.3 is 0 Å². The third kappa shape index (κ3) is 2.72. The molecule has 1 aliphatic heterocycles. The maximum absolute atomic E-state index is 10.2. The van der Waals surface area contributed by atoms with Crippen molar-refractivity contribution >= 4 is 22.7 Å². The standard InChI is InChI=1S/C16H17N5O4/c22-6-10-12(23)13(24)16(25-10)21-8-19-11-14(17-7-18-15(11)21)20-9-4-2-1-3-5-9/h1-5,7-8,10,12-13,16,22-24H,6H2,(H,17,18,20)/t10-,12-,13+,16+/m1/s1. The first kappa shape index (κ1) is 15.9. The number of para-hydroxylation sites is 1. The van der Waals surface area contributed by atoms with Crippen LogP contribution in [0.15, 0.2) is 43.0 Å². The van der Waals surface area contributed by atoms with E-state index in [-0.39, 0.29) is 0 Å². The molecule has 0 unspecified atom stereocenters. The minimum absolute atomic E-state index is 0.392. The molecule has 0 bridgehead atoms. The number of nitrogens with one attached hydrogen (secondary N) is 1. The number of hydrogen-bond acceptors (Lipinski definition) is 8. The molecule has 1 aromatic carbocycles. The van der Waals surface area contributed by atoms with E-state index < -0.39 is 31.1 Å². The molecule has 4 atom stereocenters. The van der Waals surface area contributed by atoms with Gasteiger partial charge < -0.3 is 25.4 Å². The Morgan fingerprint density at radius 1 is 1.08 bits per heavy atom. The number of imidazole rings is 1. The van der Waals surface area contributed by atoms with E-state index in [2.05, 4.69) is 20.3 Å². The first-order valence-corrected chi connectivity index (χ1v) is 7.81. The van der Waals surface area contributed by atoms with Crippen LogP contribution in [0.3, 0.4) is 0 Å². The highest BCUT2D eigenvalue weighted by molar-refractivity contribution is 5.85. The maximum atomic E-state index is 10.2. The summed E-state index contributed by atoms with van der Waals surface area (Å²) in [5.74, 6) is 0.515. The topological polar surface area (TPSA) is 126 Å². The van der Waals surface area contributed by atoms with Crippen LogP contribution in [0.2, 0.25) is 0 Å². The maximum Gasteiger partial charge on any atom is 0.167 e. The zero-order valence-electron chi connectivity index (χ0n) is 13.1. The summed E-state index contributed by atoms with van der Waals surface area (Å²) in [4.78, 5) is 12.7. The van der Waals surface area contributed by atoms with E-state index >= 15 is 0 Å². The van der Waals surface area contributed by atoms with E-state index in [0.717, 1.165) is 5.69 Å². The van der Waals surface area contributed by atoms with Gasteiger partial charge in [0.1, 0.15) is 24.6 Å². The predicted octanol–water partition coefficient (Wildman–Crippen LogP) is 0.181. The van der Waals surface area contributed by atoms with E-state index in [1.807, 2.05) is 30.3 Å². The normalized spacial score (nSPS) is 26.2. The first-order valence-electron chi connectivity index (χ1n) is 7.81. The van der Waals surface area contributed by atoms with Crippen molar-refractivity contribution in [3.8, 4) is 0 Å². The van der Waals surface area contributed by atoms with Crippen molar-refractivity contribution in [3.05, 3.63) is 43.0 Å². The molecular formula is C16H17N5O4. The summed E-state index contributed by atoms with van der Waals surface area (Å²) in [6.45, 7) is -0.392. The summed E-state index contributed by atoms with van der Waals surface area (Å²) >= 11 is 0. The van der Waals surface area contributed by atoms with Gasteiger partial charge in [-0.15, -0.1) is 0 Å². The Balaban J connectivity index is 1.70. The average molecular weight is 343 g/mol. The lowest BCUT2D eigenvalue weighted by atomic mass is 10.1. The van der Waals surface area contributed by atoms with Gasteiger partial charge in [-0.2, -0.15) is 0 Å². The second-order valence-corrected chi connectivity index (χ2v) is 5.77. The van der Waals surface area contributed by atoms with Gasteiger partial charge in [-0.3, -0.25) is 4.57 Å². The summed E-state index contributed by atoms with van der Waals surface area (Å²) in [6.07, 6.45) is -1.28. The van der Waals surface area contributed by atoms with E-state index in [9.17, 15) is 15.3 Å². The highest BCUT2D eigenvalue weighted by atomic mass is 16.6. The fourth-order valence-corrected chi connectivity index (χ4v) is 2.90. The molecule has 0 aliphatic carbocycles. The summed E-state index contributed by atoms with van der Waals surface area (Å²) < 4.78 is 7.06. The molecule has 0 saturated carbocycles. The molecule has 4 N–H and O–H groups in total.